The molecule has 0 aliphatic carbocycles. The number of ether oxygens (including phenoxy) is 1. The van der Waals surface area contributed by atoms with Crippen molar-refractivity contribution in [2.24, 2.45) is 12.5 Å². The first-order valence-corrected chi connectivity index (χ1v) is 5.74. The summed E-state index contributed by atoms with van der Waals surface area (Å²) in [7, 11) is 1.73. The molecule has 5 nitrogen and oxygen atoms in total. The molecule has 96 valence electrons. The summed E-state index contributed by atoms with van der Waals surface area (Å²) in [6.45, 7) is 8.38. The van der Waals surface area contributed by atoms with Crippen molar-refractivity contribution in [1.82, 2.24) is 9.78 Å². The minimum absolute atomic E-state index is 0.0401. The van der Waals surface area contributed by atoms with E-state index in [1.54, 1.807) is 14.0 Å². The van der Waals surface area contributed by atoms with Gasteiger partial charge < -0.3 is 10.5 Å². The fraction of sp³-hybridized carbons (Fsp3) is 0.667. The maximum Gasteiger partial charge on any atom is 0.359 e. The Kier molecular flexibility index (Phi) is 3.80. The van der Waals surface area contributed by atoms with Gasteiger partial charge in [-0.1, -0.05) is 20.8 Å². The third-order valence-electron chi connectivity index (χ3n) is 2.37. The van der Waals surface area contributed by atoms with E-state index in [0.717, 1.165) is 5.56 Å². The number of nitrogen functional groups attached to an aromatic ring is 1. The van der Waals surface area contributed by atoms with Crippen molar-refractivity contribution >= 4 is 11.8 Å². The topological polar surface area (TPSA) is 70.1 Å². The van der Waals surface area contributed by atoms with Gasteiger partial charge in [0.05, 0.1) is 6.61 Å². The van der Waals surface area contributed by atoms with Crippen LogP contribution in [0.15, 0.2) is 0 Å². The molecule has 0 aromatic carbocycles. The van der Waals surface area contributed by atoms with Gasteiger partial charge in [0.25, 0.3) is 0 Å². The van der Waals surface area contributed by atoms with Crippen LogP contribution in [0.1, 0.15) is 43.7 Å². The van der Waals surface area contributed by atoms with Crippen molar-refractivity contribution in [2.75, 3.05) is 12.3 Å². The Hall–Kier alpha value is -1.52. The lowest BCUT2D eigenvalue weighted by molar-refractivity contribution is 0.0517. The predicted octanol–water partition coefficient (Wildman–Crippen LogP) is 1.77. The first-order chi connectivity index (χ1) is 7.76. The van der Waals surface area contributed by atoms with Crippen LogP contribution in [0, 0.1) is 5.41 Å². The number of carbonyl (C=O) groups excluding carboxylic acids is 1. The number of esters is 1. The molecular formula is C12H21N3O2. The predicted molar refractivity (Wildman–Crippen MR) is 66.7 cm³/mol. The standard InChI is InChI=1S/C12H21N3O2/c1-6-17-11(16)9-8(7-12(2,3)4)10(13)15(5)14-9/h6-7,13H2,1-5H3. The second-order valence-corrected chi connectivity index (χ2v) is 5.29. The van der Waals surface area contributed by atoms with Gasteiger partial charge in [0, 0.05) is 12.6 Å². The summed E-state index contributed by atoms with van der Waals surface area (Å²) >= 11 is 0. The fourth-order valence-corrected chi connectivity index (χ4v) is 1.65. The van der Waals surface area contributed by atoms with Gasteiger partial charge in [-0.3, -0.25) is 4.68 Å². The maximum atomic E-state index is 11.8. The Morgan fingerprint density at radius 2 is 2.06 bits per heavy atom. The summed E-state index contributed by atoms with van der Waals surface area (Å²) in [6, 6.07) is 0. The summed E-state index contributed by atoms with van der Waals surface area (Å²) in [5.74, 6) is 0.127. The lowest BCUT2D eigenvalue weighted by Gasteiger charge is -2.18. The van der Waals surface area contributed by atoms with Crippen LogP contribution in [0.3, 0.4) is 0 Å². The highest BCUT2D eigenvalue weighted by Crippen LogP contribution is 2.27. The van der Waals surface area contributed by atoms with Crippen molar-refractivity contribution in [3.63, 3.8) is 0 Å². The molecule has 0 aliphatic rings. The van der Waals surface area contributed by atoms with E-state index in [1.807, 2.05) is 0 Å². The number of aryl methyl sites for hydroxylation is 1. The number of aromatic nitrogens is 2. The molecule has 0 aliphatic heterocycles. The van der Waals surface area contributed by atoms with Crippen molar-refractivity contribution in [1.29, 1.82) is 0 Å². The van der Waals surface area contributed by atoms with Gasteiger partial charge >= 0.3 is 5.97 Å². The van der Waals surface area contributed by atoms with Gasteiger partial charge in [0.2, 0.25) is 0 Å². The second kappa shape index (κ2) is 4.77. The molecule has 1 rings (SSSR count). The Bertz CT molecular complexity index is 416. The third kappa shape index (κ3) is 3.22. The molecule has 1 aromatic rings. The van der Waals surface area contributed by atoms with Gasteiger partial charge in [-0.25, -0.2) is 4.79 Å². The maximum absolute atomic E-state index is 11.8. The Labute approximate surface area is 102 Å². The molecule has 2 N–H and O–H groups in total. The molecule has 0 atom stereocenters. The van der Waals surface area contributed by atoms with E-state index < -0.39 is 5.97 Å². The molecule has 0 fully saturated rings. The summed E-state index contributed by atoms with van der Waals surface area (Å²) in [4.78, 5) is 11.8. The fourth-order valence-electron chi connectivity index (χ4n) is 1.65. The number of hydrogen-bond donors (Lipinski definition) is 1. The van der Waals surface area contributed by atoms with Crippen molar-refractivity contribution < 1.29 is 9.53 Å². The molecule has 17 heavy (non-hydrogen) atoms. The highest BCUT2D eigenvalue weighted by atomic mass is 16.5. The van der Waals surface area contributed by atoms with Crippen molar-refractivity contribution in [2.45, 2.75) is 34.1 Å². The number of nitrogens with zero attached hydrogens (tertiary/aromatic N) is 2. The van der Waals surface area contributed by atoms with Crippen LogP contribution in [0.5, 0.6) is 0 Å². The number of hydrogen-bond acceptors (Lipinski definition) is 4. The number of nitrogens with two attached hydrogens (primary N) is 1. The zero-order valence-electron chi connectivity index (χ0n) is 11.2. The summed E-state index contributed by atoms with van der Waals surface area (Å²) in [6.07, 6.45) is 0.695. The van der Waals surface area contributed by atoms with Gasteiger partial charge in [0.1, 0.15) is 5.82 Å². The van der Waals surface area contributed by atoms with Gasteiger partial charge in [-0.15, -0.1) is 0 Å². The highest BCUT2D eigenvalue weighted by molar-refractivity contribution is 5.90. The van der Waals surface area contributed by atoms with Crippen LogP contribution < -0.4 is 5.73 Å². The quantitative estimate of drug-likeness (QED) is 0.816. The van der Waals surface area contributed by atoms with Crippen LogP contribution in [0.4, 0.5) is 5.82 Å². The van der Waals surface area contributed by atoms with Crippen molar-refractivity contribution in [3.8, 4) is 0 Å². The van der Waals surface area contributed by atoms with Crippen LogP contribution in [-0.4, -0.2) is 22.4 Å². The second-order valence-electron chi connectivity index (χ2n) is 5.29. The zero-order chi connectivity index (χ0) is 13.2. The van der Waals surface area contributed by atoms with E-state index in [-0.39, 0.29) is 5.41 Å². The van der Waals surface area contributed by atoms with Crippen LogP contribution in [0.25, 0.3) is 0 Å². The van der Waals surface area contributed by atoms with E-state index in [4.69, 9.17) is 10.5 Å². The molecule has 0 spiro atoms. The first-order valence-electron chi connectivity index (χ1n) is 5.74. The Morgan fingerprint density at radius 1 is 1.47 bits per heavy atom. The molecular weight excluding hydrogens is 218 g/mol. The molecule has 1 aromatic heterocycles. The van der Waals surface area contributed by atoms with E-state index >= 15 is 0 Å². The lowest BCUT2D eigenvalue weighted by atomic mass is 9.88. The molecule has 0 unspecified atom stereocenters. The summed E-state index contributed by atoms with van der Waals surface area (Å²) in [5.41, 5.74) is 7.09. The molecule has 1 heterocycles. The van der Waals surface area contributed by atoms with E-state index in [0.29, 0.717) is 24.5 Å². The first kappa shape index (κ1) is 13.5. The lowest BCUT2D eigenvalue weighted by Crippen LogP contribution is -2.15. The molecule has 5 heteroatoms. The molecule has 0 amide bonds. The normalized spacial score (nSPS) is 11.6. The Morgan fingerprint density at radius 3 is 2.53 bits per heavy atom. The average Bonchev–Trinajstić information content (AvgIpc) is 2.44. The minimum atomic E-state index is -0.404. The average molecular weight is 239 g/mol. The van der Waals surface area contributed by atoms with Crippen LogP contribution in [-0.2, 0) is 18.2 Å². The number of anilines is 1. The highest BCUT2D eigenvalue weighted by Gasteiger charge is 2.25. The third-order valence-corrected chi connectivity index (χ3v) is 2.37. The zero-order valence-corrected chi connectivity index (χ0v) is 11.2. The largest absolute Gasteiger partial charge is 0.461 e. The SMILES string of the molecule is CCOC(=O)c1nn(C)c(N)c1CC(C)(C)C. The summed E-state index contributed by atoms with van der Waals surface area (Å²) in [5, 5.41) is 4.13. The van der Waals surface area contributed by atoms with Crippen LogP contribution >= 0.6 is 0 Å². The Balaban J connectivity index is 3.13. The monoisotopic (exact) mass is 239 g/mol. The molecule has 0 saturated heterocycles. The van der Waals surface area contributed by atoms with Gasteiger partial charge in [-0.05, 0) is 18.8 Å². The van der Waals surface area contributed by atoms with Crippen molar-refractivity contribution in [3.05, 3.63) is 11.3 Å². The summed E-state index contributed by atoms with van der Waals surface area (Å²) < 4.78 is 6.50. The molecule has 0 radical (unpaired) electrons. The smallest absolute Gasteiger partial charge is 0.359 e. The van der Waals surface area contributed by atoms with E-state index in [9.17, 15) is 4.79 Å². The van der Waals surface area contributed by atoms with Crippen LogP contribution in [0.2, 0.25) is 0 Å². The molecule has 0 bridgehead atoms. The number of rotatable bonds is 3. The van der Waals surface area contributed by atoms with E-state index in [2.05, 4.69) is 25.9 Å². The van der Waals surface area contributed by atoms with E-state index in [1.165, 1.54) is 4.68 Å². The molecule has 0 saturated carbocycles. The minimum Gasteiger partial charge on any atom is -0.461 e. The van der Waals surface area contributed by atoms with Gasteiger partial charge in [0.15, 0.2) is 5.69 Å². The number of carbonyl (C=O) groups is 1. The van der Waals surface area contributed by atoms with Gasteiger partial charge in [-0.2, -0.15) is 5.10 Å².